The minimum absolute atomic E-state index is 0.0687. The van der Waals surface area contributed by atoms with Gasteiger partial charge in [-0.3, -0.25) is 4.79 Å². The van der Waals surface area contributed by atoms with Crippen molar-refractivity contribution < 1.29 is 9.90 Å². The fraction of sp³-hybridized carbons (Fsp3) is 0.556. The highest BCUT2D eigenvalue weighted by Crippen LogP contribution is 2.54. The second-order valence-electron chi connectivity index (χ2n) is 6.81. The summed E-state index contributed by atoms with van der Waals surface area (Å²) >= 11 is 0. The summed E-state index contributed by atoms with van der Waals surface area (Å²) in [5, 5.41) is 9.38. The standard InChI is InChI=1S/C18H24N2O2/c1-13(12-21)14-3-4-15(17(22)19-2)16(11-14)20-9-7-18(5-6-18)8-10-20/h3-4,11,13,21H,2,5-10,12H2,1H3. The minimum atomic E-state index is -0.273. The molecule has 0 bridgehead atoms. The summed E-state index contributed by atoms with van der Waals surface area (Å²) in [7, 11) is 0. The second kappa shape index (κ2) is 5.84. The Morgan fingerprint density at radius 3 is 2.59 bits per heavy atom. The zero-order valence-corrected chi connectivity index (χ0v) is 13.2. The number of carbonyl (C=O) groups excluding carboxylic acids is 1. The van der Waals surface area contributed by atoms with Crippen LogP contribution in [0.15, 0.2) is 23.2 Å². The Kier molecular flexibility index (Phi) is 4.04. The lowest BCUT2D eigenvalue weighted by atomic mass is 9.92. The van der Waals surface area contributed by atoms with Crippen LogP contribution in [0.3, 0.4) is 0 Å². The SMILES string of the molecule is C=NC(=O)c1ccc(C(C)CO)cc1N1CCC2(CC1)CC2. The average molecular weight is 300 g/mol. The van der Waals surface area contributed by atoms with Gasteiger partial charge in [-0.05, 0) is 55.5 Å². The smallest absolute Gasteiger partial charge is 0.278 e. The number of aliphatic hydroxyl groups is 1. The molecule has 3 rings (SSSR count). The van der Waals surface area contributed by atoms with Crippen molar-refractivity contribution in [3.8, 4) is 0 Å². The predicted octanol–water partition coefficient (Wildman–Crippen LogP) is 3.00. The van der Waals surface area contributed by atoms with Gasteiger partial charge in [0.15, 0.2) is 0 Å². The molecule has 0 radical (unpaired) electrons. The zero-order valence-electron chi connectivity index (χ0n) is 13.2. The molecule has 4 nitrogen and oxygen atoms in total. The minimum Gasteiger partial charge on any atom is -0.396 e. The van der Waals surface area contributed by atoms with Gasteiger partial charge in [-0.2, -0.15) is 0 Å². The molecule has 1 saturated carbocycles. The first-order chi connectivity index (χ1) is 10.6. The first-order valence-corrected chi connectivity index (χ1v) is 8.09. The Balaban J connectivity index is 1.91. The predicted molar refractivity (Wildman–Crippen MR) is 88.9 cm³/mol. The molecule has 1 unspecified atom stereocenters. The third-order valence-electron chi connectivity index (χ3n) is 5.36. The summed E-state index contributed by atoms with van der Waals surface area (Å²) < 4.78 is 0. The van der Waals surface area contributed by atoms with Gasteiger partial charge in [-0.25, -0.2) is 4.99 Å². The first kappa shape index (κ1) is 15.2. The van der Waals surface area contributed by atoms with Gasteiger partial charge in [0.1, 0.15) is 0 Å². The second-order valence-corrected chi connectivity index (χ2v) is 6.81. The van der Waals surface area contributed by atoms with Crippen molar-refractivity contribution >= 4 is 18.3 Å². The van der Waals surface area contributed by atoms with Crippen LogP contribution in [0.2, 0.25) is 0 Å². The van der Waals surface area contributed by atoms with E-state index >= 15 is 0 Å². The highest BCUT2D eigenvalue weighted by molar-refractivity contribution is 6.02. The molecule has 1 amide bonds. The molecule has 1 aliphatic carbocycles. The number of aliphatic imine (C=N–C) groups is 1. The summed E-state index contributed by atoms with van der Waals surface area (Å²) in [4.78, 5) is 17.9. The van der Waals surface area contributed by atoms with E-state index in [1.807, 2.05) is 25.1 Å². The van der Waals surface area contributed by atoms with Crippen molar-refractivity contribution in [2.75, 3.05) is 24.6 Å². The van der Waals surface area contributed by atoms with Crippen molar-refractivity contribution in [1.29, 1.82) is 0 Å². The van der Waals surface area contributed by atoms with Crippen molar-refractivity contribution in [2.24, 2.45) is 10.4 Å². The molecule has 0 aromatic heterocycles. The summed E-state index contributed by atoms with van der Waals surface area (Å²) in [6.07, 6.45) is 5.15. The molecule has 2 aliphatic rings. The molecular formula is C18H24N2O2. The van der Waals surface area contributed by atoms with Crippen LogP contribution >= 0.6 is 0 Å². The van der Waals surface area contributed by atoms with E-state index in [1.165, 1.54) is 25.7 Å². The molecule has 1 atom stereocenters. The molecule has 2 fully saturated rings. The maximum atomic E-state index is 12.1. The zero-order chi connectivity index (χ0) is 15.7. The first-order valence-electron chi connectivity index (χ1n) is 8.09. The van der Waals surface area contributed by atoms with Gasteiger partial charge in [-0.15, -0.1) is 0 Å². The Bertz CT molecular complexity index is 583. The van der Waals surface area contributed by atoms with Crippen LogP contribution in [-0.2, 0) is 0 Å². The maximum Gasteiger partial charge on any atom is 0.278 e. The molecule has 1 aromatic rings. The van der Waals surface area contributed by atoms with Crippen LogP contribution in [0.25, 0.3) is 0 Å². The lowest BCUT2D eigenvalue weighted by Gasteiger charge is -2.35. The fourth-order valence-electron chi connectivity index (χ4n) is 3.39. The summed E-state index contributed by atoms with van der Waals surface area (Å²) in [5.41, 5.74) is 3.24. The molecule has 1 aliphatic heterocycles. The molecule has 1 aromatic carbocycles. The fourth-order valence-corrected chi connectivity index (χ4v) is 3.39. The third kappa shape index (κ3) is 2.80. The van der Waals surface area contributed by atoms with Crippen LogP contribution in [0, 0.1) is 5.41 Å². The van der Waals surface area contributed by atoms with Crippen molar-refractivity contribution in [3.63, 3.8) is 0 Å². The van der Waals surface area contributed by atoms with Gasteiger partial charge in [0.05, 0.1) is 5.56 Å². The van der Waals surface area contributed by atoms with Gasteiger partial charge < -0.3 is 10.0 Å². The Labute approximate surface area is 131 Å². The average Bonchev–Trinajstić information content (AvgIpc) is 3.32. The number of hydrogen-bond acceptors (Lipinski definition) is 3. The molecular weight excluding hydrogens is 276 g/mol. The summed E-state index contributed by atoms with van der Waals surface area (Å²) in [6.45, 7) is 7.46. The van der Waals surface area contributed by atoms with Crippen molar-refractivity contribution in [2.45, 2.75) is 38.5 Å². The number of amides is 1. The van der Waals surface area contributed by atoms with E-state index in [0.29, 0.717) is 11.0 Å². The molecule has 118 valence electrons. The lowest BCUT2D eigenvalue weighted by Crippen LogP contribution is -2.35. The van der Waals surface area contributed by atoms with Crippen LogP contribution < -0.4 is 4.90 Å². The molecule has 4 heteroatoms. The van der Waals surface area contributed by atoms with E-state index in [-0.39, 0.29) is 18.4 Å². The van der Waals surface area contributed by atoms with Crippen molar-refractivity contribution in [3.05, 3.63) is 29.3 Å². The number of nitrogens with zero attached hydrogens (tertiary/aromatic N) is 2. The Morgan fingerprint density at radius 2 is 2.05 bits per heavy atom. The van der Waals surface area contributed by atoms with E-state index in [9.17, 15) is 9.90 Å². The number of piperidine rings is 1. The number of benzene rings is 1. The van der Waals surface area contributed by atoms with Gasteiger partial charge in [0, 0.05) is 31.3 Å². The molecule has 1 spiro atoms. The van der Waals surface area contributed by atoms with Crippen molar-refractivity contribution in [1.82, 2.24) is 0 Å². The van der Waals surface area contributed by atoms with E-state index < -0.39 is 0 Å². The topological polar surface area (TPSA) is 52.9 Å². The highest BCUT2D eigenvalue weighted by Gasteiger charge is 2.44. The number of aliphatic hydroxyl groups excluding tert-OH is 1. The van der Waals surface area contributed by atoms with Crippen LogP contribution in [0.5, 0.6) is 0 Å². The van der Waals surface area contributed by atoms with E-state index in [0.717, 1.165) is 24.3 Å². The number of carbonyl (C=O) groups is 1. The van der Waals surface area contributed by atoms with Gasteiger partial charge in [0.25, 0.3) is 5.91 Å². The Morgan fingerprint density at radius 1 is 1.36 bits per heavy atom. The molecule has 1 saturated heterocycles. The van der Waals surface area contributed by atoms with E-state index in [4.69, 9.17) is 0 Å². The number of hydrogen-bond donors (Lipinski definition) is 1. The largest absolute Gasteiger partial charge is 0.396 e. The van der Waals surface area contributed by atoms with Gasteiger partial charge in [-0.1, -0.05) is 13.0 Å². The quantitative estimate of drug-likeness (QED) is 0.870. The Hall–Kier alpha value is -1.68. The highest BCUT2D eigenvalue weighted by atomic mass is 16.3. The molecule has 22 heavy (non-hydrogen) atoms. The maximum absolute atomic E-state index is 12.1. The number of anilines is 1. The van der Waals surface area contributed by atoms with Crippen LogP contribution in [0.1, 0.15) is 54.4 Å². The molecule has 1 heterocycles. The van der Waals surface area contributed by atoms with Gasteiger partial charge in [0.2, 0.25) is 0 Å². The molecule has 1 N–H and O–H groups in total. The van der Waals surface area contributed by atoms with E-state index in [1.54, 1.807) is 0 Å². The lowest BCUT2D eigenvalue weighted by molar-refractivity contribution is 0.100. The van der Waals surface area contributed by atoms with Crippen LogP contribution in [-0.4, -0.2) is 37.4 Å². The normalized spacial score (nSPS) is 20.7. The third-order valence-corrected chi connectivity index (χ3v) is 5.36. The van der Waals surface area contributed by atoms with Gasteiger partial charge >= 0.3 is 0 Å². The van der Waals surface area contributed by atoms with Crippen LogP contribution in [0.4, 0.5) is 5.69 Å². The summed E-state index contributed by atoms with van der Waals surface area (Å²) in [5.74, 6) is -0.205. The van der Waals surface area contributed by atoms with E-state index in [2.05, 4.69) is 16.6 Å². The summed E-state index contributed by atoms with van der Waals surface area (Å²) in [6, 6.07) is 5.79. The number of rotatable bonds is 4. The monoisotopic (exact) mass is 300 g/mol.